The van der Waals surface area contributed by atoms with Gasteiger partial charge in [-0.15, -0.1) is 11.8 Å². The predicted octanol–water partition coefficient (Wildman–Crippen LogP) is 3.01. The van der Waals surface area contributed by atoms with Crippen LogP contribution in [-0.2, 0) is 0 Å². The van der Waals surface area contributed by atoms with Crippen molar-refractivity contribution in [1.82, 2.24) is 4.98 Å². The lowest BCUT2D eigenvalue weighted by Crippen LogP contribution is -2.01. The molecule has 1 aromatic heterocycles. The van der Waals surface area contributed by atoms with Crippen molar-refractivity contribution in [2.24, 2.45) is 0 Å². The van der Waals surface area contributed by atoms with Gasteiger partial charge in [0.2, 0.25) is 0 Å². The van der Waals surface area contributed by atoms with Crippen LogP contribution >= 0.6 is 27.7 Å². The van der Waals surface area contributed by atoms with E-state index in [1.54, 1.807) is 6.07 Å². The van der Waals surface area contributed by atoms with Gasteiger partial charge in [0.1, 0.15) is 0 Å². The van der Waals surface area contributed by atoms with Gasteiger partial charge in [0, 0.05) is 15.9 Å². The van der Waals surface area contributed by atoms with Crippen LogP contribution in [-0.4, -0.2) is 11.2 Å². The van der Waals surface area contributed by atoms with Crippen molar-refractivity contribution in [2.45, 2.75) is 5.03 Å². The fourth-order valence-corrected chi connectivity index (χ4v) is 2.10. The first-order valence-corrected chi connectivity index (χ1v) is 6.09. The third-order valence-electron chi connectivity index (χ3n) is 1.99. The summed E-state index contributed by atoms with van der Waals surface area (Å²) < 4.78 is 0.924. The summed E-state index contributed by atoms with van der Waals surface area (Å²) in [5, 5.41) is 1.61. The first-order valence-electron chi connectivity index (χ1n) is 4.07. The first kappa shape index (κ1) is 9.80. The third kappa shape index (κ3) is 1.72. The monoisotopic (exact) mass is 269 g/mol. The summed E-state index contributed by atoms with van der Waals surface area (Å²) in [6.07, 6.45) is 1.94. The van der Waals surface area contributed by atoms with Gasteiger partial charge in [-0.3, -0.25) is 4.79 Å². The zero-order valence-corrected chi connectivity index (χ0v) is 9.91. The van der Waals surface area contributed by atoms with E-state index in [-0.39, 0.29) is 5.43 Å². The van der Waals surface area contributed by atoms with Gasteiger partial charge < -0.3 is 4.98 Å². The number of pyridine rings is 1. The Morgan fingerprint density at radius 3 is 2.86 bits per heavy atom. The van der Waals surface area contributed by atoms with Crippen molar-refractivity contribution in [3.63, 3.8) is 0 Å². The standard InChI is InChI=1S/C10H8BrNOS/c1-14-10-5-9(13)7-4-6(11)2-3-8(7)12-10/h2-5H,1H3,(H,12,13). The van der Waals surface area contributed by atoms with Crippen molar-refractivity contribution in [3.8, 4) is 0 Å². The van der Waals surface area contributed by atoms with E-state index in [2.05, 4.69) is 20.9 Å². The van der Waals surface area contributed by atoms with E-state index in [1.165, 1.54) is 11.8 Å². The number of halogens is 1. The molecule has 2 aromatic rings. The minimum atomic E-state index is 0.0596. The molecule has 0 saturated carbocycles. The van der Waals surface area contributed by atoms with Gasteiger partial charge in [0.25, 0.3) is 0 Å². The molecule has 1 aromatic carbocycles. The molecule has 2 rings (SSSR count). The second kappa shape index (κ2) is 3.79. The maximum atomic E-state index is 11.7. The summed E-state index contributed by atoms with van der Waals surface area (Å²) in [5.41, 5.74) is 0.939. The van der Waals surface area contributed by atoms with Crippen molar-refractivity contribution >= 4 is 38.6 Å². The SMILES string of the molecule is CSc1cc(=O)c2cc(Br)ccc2[nH]1. The van der Waals surface area contributed by atoms with E-state index in [4.69, 9.17) is 0 Å². The van der Waals surface area contributed by atoms with E-state index in [0.717, 1.165) is 20.4 Å². The molecule has 1 N–H and O–H groups in total. The molecule has 0 bridgehead atoms. The second-order valence-corrected chi connectivity index (χ2v) is 4.66. The average molecular weight is 270 g/mol. The average Bonchev–Trinajstić information content (AvgIpc) is 2.19. The van der Waals surface area contributed by atoms with Crippen LogP contribution in [0.4, 0.5) is 0 Å². The molecule has 4 heteroatoms. The van der Waals surface area contributed by atoms with Crippen LogP contribution in [0.3, 0.4) is 0 Å². The number of nitrogens with one attached hydrogen (secondary N) is 1. The second-order valence-electron chi connectivity index (χ2n) is 2.89. The van der Waals surface area contributed by atoms with Crippen molar-refractivity contribution < 1.29 is 0 Å². The summed E-state index contributed by atoms with van der Waals surface area (Å²) in [4.78, 5) is 14.8. The summed E-state index contributed by atoms with van der Waals surface area (Å²) in [7, 11) is 0. The third-order valence-corrected chi connectivity index (χ3v) is 3.14. The van der Waals surface area contributed by atoms with E-state index < -0.39 is 0 Å². The Morgan fingerprint density at radius 2 is 2.14 bits per heavy atom. The Morgan fingerprint density at radius 1 is 1.36 bits per heavy atom. The molecule has 0 fully saturated rings. The van der Waals surface area contributed by atoms with Crippen LogP contribution in [0.15, 0.2) is 38.6 Å². The number of benzene rings is 1. The van der Waals surface area contributed by atoms with Crippen molar-refractivity contribution in [2.75, 3.05) is 6.26 Å². The van der Waals surface area contributed by atoms with Crippen LogP contribution in [0.25, 0.3) is 10.9 Å². The molecule has 2 nitrogen and oxygen atoms in total. The maximum Gasteiger partial charge on any atom is 0.190 e. The van der Waals surface area contributed by atoms with Crippen molar-refractivity contribution in [1.29, 1.82) is 0 Å². The molecule has 14 heavy (non-hydrogen) atoms. The molecule has 0 atom stereocenters. The molecule has 0 saturated heterocycles. The Kier molecular flexibility index (Phi) is 2.65. The van der Waals surface area contributed by atoms with Crippen LogP contribution in [0, 0.1) is 0 Å². The fourth-order valence-electron chi connectivity index (χ4n) is 1.30. The predicted molar refractivity (Wildman–Crippen MR) is 64.0 cm³/mol. The summed E-state index contributed by atoms with van der Waals surface area (Å²) in [6, 6.07) is 7.28. The van der Waals surface area contributed by atoms with Gasteiger partial charge in [0.05, 0.1) is 10.5 Å². The number of aromatic amines is 1. The molecule has 0 amide bonds. The molecule has 1 heterocycles. The van der Waals surface area contributed by atoms with Gasteiger partial charge in [0.15, 0.2) is 5.43 Å². The molecule has 0 aliphatic heterocycles. The van der Waals surface area contributed by atoms with E-state index in [9.17, 15) is 4.79 Å². The Bertz CT molecular complexity index is 535. The van der Waals surface area contributed by atoms with Gasteiger partial charge in [-0.25, -0.2) is 0 Å². The number of hydrogen-bond donors (Lipinski definition) is 1. The maximum absolute atomic E-state index is 11.7. The molecular formula is C10H8BrNOS. The molecular weight excluding hydrogens is 262 g/mol. The summed E-state index contributed by atoms with van der Waals surface area (Å²) >= 11 is 4.88. The summed E-state index contributed by atoms with van der Waals surface area (Å²) in [6.45, 7) is 0. The molecule has 72 valence electrons. The Hall–Kier alpha value is -0.740. The van der Waals surface area contributed by atoms with E-state index in [1.807, 2.05) is 24.5 Å². The zero-order chi connectivity index (χ0) is 10.1. The van der Waals surface area contributed by atoms with E-state index in [0.29, 0.717) is 0 Å². The largest absolute Gasteiger partial charge is 0.350 e. The topological polar surface area (TPSA) is 32.9 Å². The highest BCUT2D eigenvalue weighted by Crippen LogP contribution is 2.18. The smallest absolute Gasteiger partial charge is 0.190 e. The number of fused-ring (bicyclic) bond motifs is 1. The van der Waals surface area contributed by atoms with Crippen LogP contribution in [0.5, 0.6) is 0 Å². The summed E-state index contributed by atoms with van der Waals surface area (Å²) in [5.74, 6) is 0. The number of hydrogen-bond acceptors (Lipinski definition) is 2. The number of aromatic nitrogens is 1. The quantitative estimate of drug-likeness (QED) is 0.808. The zero-order valence-electron chi connectivity index (χ0n) is 7.50. The van der Waals surface area contributed by atoms with Crippen molar-refractivity contribution in [3.05, 3.63) is 39.0 Å². The molecule has 0 aliphatic carbocycles. The van der Waals surface area contributed by atoms with Crippen LogP contribution < -0.4 is 5.43 Å². The normalized spacial score (nSPS) is 10.7. The Balaban J connectivity index is 2.83. The lowest BCUT2D eigenvalue weighted by molar-refractivity contribution is 1.18. The number of H-pyrrole nitrogens is 1. The molecule has 0 radical (unpaired) electrons. The highest BCUT2D eigenvalue weighted by Gasteiger charge is 2.01. The van der Waals surface area contributed by atoms with Gasteiger partial charge in [-0.2, -0.15) is 0 Å². The van der Waals surface area contributed by atoms with Crippen LogP contribution in [0.1, 0.15) is 0 Å². The molecule has 0 aliphatic rings. The van der Waals surface area contributed by atoms with E-state index >= 15 is 0 Å². The highest BCUT2D eigenvalue weighted by atomic mass is 79.9. The van der Waals surface area contributed by atoms with Gasteiger partial charge >= 0.3 is 0 Å². The van der Waals surface area contributed by atoms with Gasteiger partial charge in [-0.05, 0) is 24.5 Å². The van der Waals surface area contributed by atoms with Crippen LogP contribution in [0.2, 0.25) is 0 Å². The highest BCUT2D eigenvalue weighted by molar-refractivity contribution is 9.10. The molecule has 0 unspecified atom stereocenters. The lowest BCUT2D eigenvalue weighted by Gasteiger charge is -2.01. The number of rotatable bonds is 1. The fraction of sp³-hybridized carbons (Fsp3) is 0.100. The lowest BCUT2D eigenvalue weighted by atomic mass is 10.2. The number of thioether (sulfide) groups is 1. The Labute approximate surface area is 93.8 Å². The first-order chi connectivity index (χ1) is 6.70. The minimum Gasteiger partial charge on any atom is -0.350 e. The van der Waals surface area contributed by atoms with Gasteiger partial charge in [-0.1, -0.05) is 15.9 Å². The molecule has 0 spiro atoms. The minimum absolute atomic E-state index is 0.0596.